The highest BCUT2D eigenvalue weighted by molar-refractivity contribution is 7.98. The van der Waals surface area contributed by atoms with Crippen molar-refractivity contribution in [3.63, 3.8) is 0 Å². The summed E-state index contributed by atoms with van der Waals surface area (Å²) in [4.78, 5) is 20.8. The van der Waals surface area contributed by atoms with Crippen molar-refractivity contribution >= 4 is 23.4 Å². The number of carbonyl (C=O) groups excluding carboxylic acids is 1. The first-order chi connectivity index (χ1) is 12.7. The van der Waals surface area contributed by atoms with E-state index in [4.69, 9.17) is 4.74 Å². The first kappa shape index (κ1) is 17.9. The van der Waals surface area contributed by atoms with Gasteiger partial charge in [-0.05, 0) is 48.9 Å². The Kier molecular flexibility index (Phi) is 6.22. The van der Waals surface area contributed by atoms with Crippen molar-refractivity contribution in [2.24, 2.45) is 0 Å². The molecule has 0 aliphatic rings. The van der Waals surface area contributed by atoms with Gasteiger partial charge in [0, 0.05) is 29.4 Å². The zero-order valence-electron chi connectivity index (χ0n) is 14.4. The van der Waals surface area contributed by atoms with Crippen LogP contribution in [0.25, 0.3) is 0 Å². The molecular formula is C20H19N3O2S. The number of nitrogens with one attached hydrogen (secondary N) is 1. The van der Waals surface area contributed by atoms with Gasteiger partial charge in [-0.2, -0.15) is 0 Å². The average Bonchev–Trinajstić information content (AvgIpc) is 2.69. The number of carbonyl (C=O) groups is 1. The molecule has 5 nitrogen and oxygen atoms in total. The lowest BCUT2D eigenvalue weighted by molar-refractivity contribution is 0.102. The maximum absolute atomic E-state index is 12.5. The Hall–Kier alpha value is -2.86. The summed E-state index contributed by atoms with van der Waals surface area (Å²) in [5.74, 6) is 1.37. The second-order valence-electron chi connectivity index (χ2n) is 5.44. The molecular weight excluding hydrogens is 346 g/mol. The van der Waals surface area contributed by atoms with Crippen LogP contribution in [-0.4, -0.2) is 22.5 Å². The van der Waals surface area contributed by atoms with Crippen molar-refractivity contribution in [2.45, 2.75) is 17.7 Å². The van der Waals surface area contributed by atoms with E-state index in [1.807, 2.05) is 49.4 Å². The number of ether oxygens (including phenoxy) is 1. The predicted molar refractivity (Wildman–Crippen MR) is 104 cm³/mol. The van der Waals surface area contributed by atoms with Crippen LogP contribution in [0.5, 0.6) is 5.75 Å². The van der Waals surface area contributed by atoms with Gasteiger partial charge in [0.15, 0.2) is 0 Å². The summed E-state index contributed by atoms with van der Waals surface area (Å²) in [5, 5.41) is 3.76. The third kappa shape index (κ3) is 5.07. The van der Waals surface area contributed by atoms with Crippen molar-refractivity contribution in [3.8, 4) is 5.75 Å². The van der Waals surface area contributed by atoms with E-state index in [1.54, 1.807) is 36.4 Å². The maximum Gasteiger partial charge on any atom is 0.255 e. The van der Waals surface area contributed by atoms with Crippen molar-refractivity contribution in [1.29, 1.82) is 0 Å². The number of hydrogen-bond acceptors (Lipinski definition) is 5. The minimum Gasteiger partial charge on any atom is -0.494 e. The topological polar surface area (TPSA) is 64.1 Å². The van der Waals surface area contributed by atoms with Crippen molar-refractivity contribution in [3.05, 3.63) is 78.2 Å². The third-order valence-electron chi connectivity index (χ3n) is 3.54. The molecule has 1 heterocycles. The normalized spacial score (nSPS) is 10.3. The van der Waals surface area contributed by atoms with Gasteiger partial charge >= 0.3 is 0 Å². The minimum atomic E-state index is -0.138. The Morgan fingerprint density at radius 3 is 2.73 bits per heavy atom. The monoisotopic (exact) mass is 365 g/mol. The summed E-state index contributed by atoms with van der Waals surface area (Å²) in [6, 6.07) is 14.9. The average molecular weight is 365 g/mol. The van der Waals surface area contributed by atoms with Gasteiger partial charge in [-0.1, -0.05) is 12.1 Å². The van der Waals surface area contributed by atoms with E-state index in [0.717, 1.165) is 27.8 Å². The van der Waals surface area contributed by atoms with Gasteiger partial charge < -0.3 is 10.1 Å². The molecule has 2 aromatic carbocycles. The zero-order valence-corrected chi connectivity index (χ0v) is 15.2. The molecule has 3 rings (SSSR count). The highest BCUT2D eigenvalue weighted by Gasteiger charge is 2.08. The van der Waals surface area contributed by atoms with Crippen molar-refractivity contribution < 1.29 is 9.53 Å². The molecule has 1 aromatic heterocycles. The molecule has 0 saturated carbocycles. The molecule has 6 heteroatoms. The van der Waals surface area contributed by atoms with Gasteiger partial charge in [-0.15, -0.1) is 11.8 Å². The van der Waals surface area contributed by atoms with Crippen LogP contribution < -0.4 is 10.1 Å². The Morgan fingerprint density at radius 1 is 1.15 bits per heavy atom. The van der Waals surface area contributed by atoms with Gasteiger partial charge in [-0.25, -0.2) is 4.98 Å². The van der Waals surface area contributed by atoms with Gasteiger partial charge in [0.2, 0.25) is 0 Å². The van der Waals surface area contributed by atoms with E-state index in [0.29, 0.717) is 12.2 Å². The Labute approximate surface area is 156 Å². The standard InChI is InChI=1S/C20H19N3O2S/c1-2-25-18-8-6-17(7-9-18)23-20(24)16-5-3-4-15(12-16)14-26-19-13-21-10-11-22-19/h3-13H,2,14H2,1H3,(H,23,24). The van der Waals surface area contributed by atoms with Crippen LogP contribution in [0.1, 0.15) is 22.8 Å². The zero-order chi connectivity index (χ0) is 18.2. The molecule has 0 aliphatic carbocycles. The van der Waals surface area contributed by atoms with Crippen LogP contribution in [0, 0.1) is 0 Å². The molecule has 0 atom stereocenters. The first-order valence-corrected chi connectivity index (χ1v) is 9.25. The molecule has 1 amide bonds. The minimum absolute atomic E-state index is 0.138. The predicted octanol–water partition coefficient (Wildman–Crippen LogP) is 4.42. The van der Waals surface area contributed by atoms with Crippen LogP contribution in [0.2, 0.25) is 0 Å². The summed E-state index contributed by atoms with van der Waals surface area (Å²) in [7, 11) is 0. The van der Waals surface area contributed by atoms with E-state index in [2.05, 4.69) is 15.3 Å². The van der Waals surface area contributed by atoms with E-state index >= 15 is 0 Å². The largest absolute Gasteiger partial charge is 0.494 e. The maximum atomic E-state index is 12.5. The van der Waals surface area contributed by atoms with Gasteiger partial charge in [-0.3, -0.25) is 9.78 Å². The smallest absolute Gasteiger partial charge is 0.255 e. The highest BCUT2D eigenvalue weighted by Crippen LogP contribution is 2.21. The lowest BCUT2D eigenvalue weighted by Crippen LogP contribution is -2.12. The van der Waals surface area contributed by atoms with Crippen molar-refractivity contribution in [1.82, 2.24) is 9.97 Å². The number of amides is 1. The molecule has 0 aliphatic heterocycles. The van der Waals surface area contributed by atoms with Crippen LogP contribution in [0.15, 0.2) is 72.1 Å². The molecule has 0 radical (unpaired) electrons. The molecule has 0 unspecified atom stereocenters. The van der Waals surface area contributed by atoms with Crippen LogP contribution in [0.4, 0.5) is 5.69 Å². The van der Waals surface area contributed by atoms with E-state index in [1.165, 1.54) is 0 Å². The fourth-order valence-electron chi connectivity index (χ4n) is 2.32. The van der Waals surface area contributed by atoms with Crippen LogP contribution >= 0.6 is 11.8 Å². The molecule has 0 fully saturated rings. The molecule has 0 saturated heterocycles. The number of nitrogens with zero attached hydrogens (tertiary/aromatic N) is 2. The van der Waals surface area contributed by atoms with Crippen LogP contribution in [0.3, 0.4) is 0 Å². The summed E-state index contributed by atoms with van der Waals surface area (Å²) in [5.41, 5.74) is 2.41. The number of aromatic nitrogens is 2. The van der Waals surface area contributed by atoms with E-state index < -0.39 is 0 Å². The van der Waals surface area contributed by atoms with Crippen LogP contribution in [-0.2, 0) is 5.75 Å². The summed E-state index contributed by atoms with van der Waals surface area (Å²) >= 11 is 1.58. The fourth-order valence-corrected chi connectivity index (χ4v) is 3.09. The number of anilines is 1. The molecule has 0 spiro atoms. The third-order valence-corrected chi connectivity index (χ3v) is 4.52. The lowest BCUT2D eigenvalue weighted by Gasteiger charge is -2.08. The second-order valence-corrected chi connectivity index (χ2v) is 6.44. The summed E-state index contributed by atoms with van der Waals surface area (Å²) < 4.78 is 5.40. The van der Waals surface area contributed by atoms with Gasteiger partial charge in [0.05, 0.1) is 12.8 Å². The highest BCUT2D eigenvalue weighted by atomic mass is 32.2. The second kappa shape index (κ2) is 9.01. The molecule has 0 bridgehead atoms. The first-order valence-electron chi connectivity index (χ1n) is 8.26. The lowest BCUT2D eigenvalue weighted by atomic mass is 10.1. The van der Waals surface area contributed by atoms with E-state index in [9.17, 15) is 4.79 Å². The Bertz CT molecular complexity index is 854. The number of thioether (sulfide) groups is 1. The summed E-state index contributed by atoms with van der Waals surface area (Å²) in [6.07, 6.45) is 5.05. The SMILES string of the molecule is CCOc1ccc(NC(=O)c2cccc(CSc3cnccn3)c2)cc1. The fraction of sp³-hybridized carbons (Fsp3) is 0.150. The quantitative estimate of drug-likeness (QED) is 0.628. The van der Waals surface area contributed by atoms with Crippen molar-refractivity contribution in [2.75, 3.05) is 11.9 Å². The van der Waals surface area contributed by atoms with Gasteiger partial charge in [0.25, 0.3) is 5.91 Å². The number of benzene rings is 2. The summed E-state index contributed by atoms with van der Waals surface area (Å²) in [6.45, 7) is 2.55. The molecule has 26 heavy (non-hydrogen) atoms. The van der Waals surface area contributed by atoms with E-state index in [-0.39, 0.29) is 5.91 Å². The molecule has 3 aromatic rings. The molecule has 1 N–H and O–H groups in total. The molecule has 132 valence electrons. The van der Waals surface area contributed by atoms with Gasteiger partial charge in [0.1, 0.15) is 10.8 Å². The Balaban J connectivity index is 1.62. The number of hydrogen-bond donors (Lipinski definition) is 1. The Morgan fingerprint density at radius 2 is 2.00 bits per heavy atom. The number of rotatable bonds is 7.